The van der Waals surface area contributed by atoms with Crippen molar-refractivity contribution in [1.29, 1.82) is 0 Å². The molecule has 5 heteroatoms. The maximum absolute atomic E-state index is 12.8. The van der Waals surface area contributed by atoms with Gasteiger partial charge in [-0.05, 0) is 32.1 Å². The summed E-state index contributed by atoms with van der Waals surface area (Å²) < 4.78 is 5.23. The van der Waals surface area contributed by atoms with Crippen molar-refractivity contribution in [1.82, 2.24) is 4.90 Å². The molecule has 1 heterocycles. The lowest BCUT2D eigenvalue weighted by Crippen LogP contribution is -2.56. The molecule has 0 aromatic heterocycles. The zero-order valence-corrected chi connectivity index (χ0v) is 12.8. The number of rotatable bonds is 6. The first-order valence-corrected chi connectivity index (χ1v) is 7.62. The van der Waals surface area contributed by atoms with E-state index in [4.69, 9.17) is 4.74 Å². The van der Waals surface area contributed by atoms with Gasteiger partial charge in [-0.3, -0.25) is 9.59 Å². The molecule has 1 N–H and O–H groups in total. The minimum Gasteiger partial charge on any atom is -0.481 e. The number of methoxy groups -OCH3 is 1. The molecule has 1 amide bonds. The summed E-state index contributed by atoms with van der Waals surface area (Å²) in [6, 6.07) is 0. The number of piperidine rings is 1. The summed E-state index contributed by atoms with van der Waals surface area (Å²) in [6.45, 7) is 5.04. The van der Waals surface area contributed by atoms with Crippen LogP contribution in [0.15, 0.2) is 12.7 Å². The lowest BCUT2D eigenvalue weighted by molar-refractivity contribution is -0.162. The van der Waals surface area contributed by atoms with Gasteiger partial charge in [0.05, 0.1) is 17.4 Å². The van der Waals surface area contributed by atoms with Gasteiger partial charge in [-0.15, -0.1) is 6.58 Å². The molecule has 1 aliphatic carbocycles. The highest BCUT2D eigenvalue weighted by molar-refractivity contribution is 5.85. The van der Waals surface area contributed by atoms with Gasteiger partial charge in [-0.2, -0.15) is 0 Å². The molecule has 2 aliphatic rings. The van der Waals surface area contributed by atoms with Crippen LogP contribution in [0.2, 0.25) is 0 Å². The van der Waals surface area contributed by atoms with E-state index in [-0.39, 0.29) is 5.91 Å². The van der Waals surface area contributed by atoms with E-state index in [1.54, 1.807) is 18.1 Å². The van der Waals surface area contributed by atoms with Crippen molar-refractivity contribution in [2.24, 2.45) is 10.8 Å². The number of hydrogen-bond acceptors (Lipinski definition) is 3. The van der Waals surface area contributed by atoms with Gasteiger partial charge >= 0.3 is 5.97 Å². The Morgan fingerprint density at radius 2 is 1.95 bits per heavy atom. The molecule has 5 nitrogen and oxygen atoms in total. The van der Waals surface area contributed by atoms with Gasteiger partial charge in [-0.1, -0.05) is 12.5 Å². The van der Waals surface area contributed by atoms with Crippen LogP contribution in [0.5, 0.6) is 0 Å². The standard InChI is InChI=1S/C16H25NO4/c1-3-6-15(14(19)20)9-5-10-17(11-15)13(18)16(12-21-2)7-4-8-16/h3H,1,4-12H2,2H3,(H,19,20)/t15-/m0/s1. The Morgan fingerprint density at radius 3 is 2.43 bits per heavy atom. The molecule has 0 unspecified atom stereocenters. The maximum Gasteiger partial charge on any atom is 0.311 e. The average molecular weight is 295 g/mol. The van der Waals surface area contributed by atoms with Crippen LogP contribution in [0, 0.1) is 10.8 Å². The fourth-order valence-electron chi connectivity index (χ4n) is 3.65. The first kappa shape index (κ1) is 16.0. The molecule has 1 atom stereocenters. The number of nitrogens with zero attached hydrogens (tertiary/aromatic N) is 1. The fraction of sp³-hybridized carbons (Fsp3) is 0.750. The Balaban J connectivity index is 2.14. The van der Waals surface area contributed by atoms with Crippen LogP contribution in [-0.2, 0) is 14.3 Å². The number of allylic oxidation sites excluding steroid dienone is 1. The molecule has 1 saturated carbocycles. The molecule has 2 rings (SSSR count). The van der Waals surface area contributed by atoms with Crippen molar-refractivity contribution in [3.8, 4) is 0 Å². The van der Waals surface area contributed by atoms with Crippen molar-refractivity contribution in [2.75, 3.05) is 26.8 Å². The van der Waals surface area contributed by atoms with Crippen LogP contribution in [-0.4, -0.2) is 48.7 Å². The molecule has 0 radical (unpaired) electrons. The summed E-state index contributed by atoms with van der Waals surface area (Å²) in [5.41, 5.74) is -1.28. The van der Waals surface area contributed by atoms with Crippen LogP contribution in [0.3, 0.4) is 0 Å². The normalized spacial score (nSPS) is 27.8. The third-order valence-corrected chi connectivity index (χ3v) is 5.04. The van der Waals surface area contributed by atoms with Crippen molar-refractivity contribution >= 4 is 11.9 Å². The SMILES string of the molecule is C=CC[C@]1(C(=O)O)CCCN(C(=O)C2(COC)CCC2)C1. The van der Waals surface area contributed by atoms with Gasteiger partial charge in [0.25, 0.3) is 0 Å². The molecule has 0 spiro atoms. The van der Waals surface area contributed by atoms with Crippen LogP contribution < -0.4 is 0 Å². The molecule has 0 aromatic carbocycles. The molecule has 0 bridgehead atoms. The van der Waals surface area contributed by atoms with E-state index in [9.17, 15) is 14.7 Å². The van der Waals surface area contributed by atoms with Crippen LogP contribution in [0.4, 0.5) is 0 Å². The number of aliphatic carboxylic acids is 1. The topological polar surface area (TPSA) is 66.8 Å². The predicted molar refractivity (Wildman–Crippen MR) is 78.9 cm³/mol. The molecule has 118 valence electrons. The highest BCUT2D eigenvalue weighted by Gasteiger charge is 2.50. The lowest BCUT2D eigenvalue weighted by Gasteiger charge is -2.47. The second-order valence-corrected chi connectivity index (χ2v) is 6.48. The lowest BCUT2D eigenvalue weighted by atomic mass is 9.67. The maximum atomic E-state index is 12.8. The third-order valence-electron chi connectivity index (χ3n) is 5.04. The zero-order chi connectivity index (χ0) is 15.5. The van der Waals surface area contributed by atoms with Crippen molar-refractivity contribution < 1.29 is 19.4 Å². The first-order chi connectivity index (χ1) is 9.99. The fourth-order valence-corrected chi connectivity index (χ4v) is 3.65. The third kappa shape index (κ3) is 2.84. The molecule has 2 fully saturated rings. The Kier molecular flexibility index (Phi) is 4.71. The number of carboxylic acid groups (broad SMARTS) is 1. The number of likely N-dealkylation sites (tertiary alicyclic amines) is 1. The minimum absolute atomic E-state index is 0.0741. The molecule has 1 saturated heterocycles. The monoisotopic (exact) mass is 295 g/mol. The molecule has 21 heavy (non-hydrogen) atoms. The smallest absolute Gasteiger partial charge is 0.311 e. The molecular formula is C16H25NO4. The van der Waals surface area contributed by atoms with E-state index >= 15 is 0 Å². The van der Waals surface area contributed by atoms with Crippen LogP contribution in [0.1, 0.15) is 38.5 Å². The predicted octanol–water partition coefficient (Wildman–Crippen LogP) is 2.07. The Bertz CT molecular complexity index is 430. The second kappa shape index (κ2) is 6.18. The quantitative estimate of drug-likeness (QED) is 0.762. The van der Waals surface area contributed by atoms with Crippen LogP contribution >= 0.6 is 0 Å². The molecule has 0 aromatic rings. The molecule has 1 aliphatic heterocycles. The van der Waals surface area contributed by atoms with Crippen molar-refractivity contribution in [3.63, 3.8) is 0 Å². The van der Waals surface area contributed by atoms with Gasteiger partial charge in [0.15, 0.2) is 0 Å². The van der Waals surface area contributed by atoms with E-state index in [2.05, 4.69) is 6.58 Å². The van der Waals surface area contributed by atoms with E-state index in [0.29, 0.717) is 32.5 Å². The van der Waals surface area contributed by atoms with E-state index in [0.717, 1.165) is 25.7 Å². The van der Waals surface area contributed by atoms with Gasteiger partial charge in [-0.25, -0.2) is 0 Å². The average Bonchev–Trinajstić information content (AvgIpc) is 2.42. The van der Waals surface area contributed by atoms with Gasteiger partial charge in [0, 0.05) is 20.2 Å². The van der Waals surface area contributed by atoms with Crippen LogP contribution in [0.25, 0.3) is 0 Å². The van der Waals surface area contributed by atoms with Crippen molar-refractivity contribution in [3.05, 3.63) is 12.7 Å². The number of carboxylic acids is 1. The second-order valence-electron chi connectivity index (χ2n) is 6.48. The highest BCUT2D eigenvalue weighted by Crippen LogP contribution is 2.44. The largest absolute Gasteiger partial charge is 0.481 e. The summed E-state index contributed by atoms with van der Waals surface area (Å²) in [6.07, 6.45) is 6.12. The summed E-state index contributed by atoms with van der Waals surface area (Å²) in [5.74, 6) is -0.751. The summed E-state index contributed by atoms with van der Waals surface area (Å²) in [4.78, 5) is 26.3. The van der Waals surface area contributed by atoms with Gasteiger partial charge in [0.1, 0.15) is 0 Å². The van der Waals surface area contributed by atoms with Gasteiger partial charge in [0.2, 0.25) is 5.91 Å². The Hall–Kier alpha value is -1.36. The first-order valence-electron chi connectivity index (χ1n) is 7.62. The van der Waals surface area contributed by atoms with E-state index in [1.807, 2.05) is 0 Å². The number of hydrogen-bond donors (Lipinski definition) is 1. The highest BCUT2D eigenvalue weighted by atomic mass is 16.5. The zero-order valence-electron chi connectivity index (χ0n) is 12.8. The number of amides is 1. The summed E-state index contributed by atoms with van der Waals surface area (Å²) >= 11 is 0. The van der Waals surface area contributed by atoms with E-state index < -0.39 is 16.8 Å². The number of carbonyl (C=O) groups excluding carboxylic acids is 1. The Morgan fingerprint density at radius 1 is 1.29 bits per heavy atom. The van der Waals surface area contributed by atoms with E-state index in [1.165, 1.54) is 0 Å². The minimum atomic E-state index is -0.867. The summed E-state index contributed by atoms with van der Waals surface area (Å²) in [5, 5.41) is 9.59. The van der Waals surface area contributed by atoms with Gasteiger partial charge < -0.3 is 14.7 Å². The molecular weight excluding hydrogens is 270 g/mol. The number of ether oxygens (including phenoxy) is 1. The number of carbonyl (C=O) groups is 2. The summed E-state index contributed by atoms with van der Waals surface area (Å²) in [7, 11) is 1.61. The van der Waals surface area contributed by atoms with Crippen molar-refractivity contribution in [2.45, 2.75) is 38.5 Å². The Labute approximate surface area is 126 Å².